The SMILES string of the molecule is CC(C)CCn1cc(-c2ccnc(C3CCC4(CCN(C)C4=O)N3)c2)cn1. The molecule has 4 rings (SSSR count). The smallest absolute Gasteiger partial charge is 0.242 e. The van der Waals surface area contributed by atoms with Gasteiger partial charge in [0.25, 0.3) is 0 Å². The molecule has 2 unspecified atom stereocenters. The van der Waals surface area contributed by atoms with Gasteiger partial charge in [-0.15, -0.1) is 0 Å². The van der Waals surface area contributed by atoms with E-state index in [9.17, 15) is 4.79 Å². The molecule has 6 heteroatoms. The van der Waals surface area contributed by atoms with Crippen molar-refractivity contribution in [3.05, 3.63) is 36.4 Å². The molecule has 2 saturated heterocycles. The highest BCUT2D eigenvalue weighted by molar-refractivity contribution is 5.88. The highest BCUT2D eigenvalue weighted by Crippen LogP contribution is 2.39. The van der Waals surface area contributed by atoms with Gasteiger partial charge in [0, 0.05) is 38.1 Å². The van der Waals surface area contributed by atoms with Crippen LogP contribution in [0.15, 0.2) is 30.7 Å². The molecule has 144 valence electrons. The Bertz CT molecular complexity index is 829. The number of likely N-dealkylation sites (N-methyl/N-ethyl adjacent to an activating group) is 1. The van der Waals surface area contributed by atoms with Gasteiger partial charge in [-0.05, 0) is 49.3 Å². The Hall–Kier alpha value is -2.21. The van der Waals surface area contributed by atoms with Crippen LogP contribution in [0, 0.1) is 5.92 Å². The van der Waals surface area contributed by atoms with Crippen LogP contribution in [0.25, 0.3) is 11.1 Å². The van der Waals surface area contributed by atoms with Crippen LogP contribution in [0.3, 0.4) is 0 Å². The number of carbonyl (C=O) groups excluding carboxylic acids is 1. The van der Waals surface area contributed by atoms with E-state index in [1.165, 1.54) is 0 Å². The highest BCUT2D eigenvalue weighted by Gasteiger charge is 2.50. The molecule has 2 aliphatic heterocycles. The normalized spacial score (nSPS) is 25.3. The zero-order chi connectivity index (χ0) is 19.0. The summed E-state index contributed by atoms with van der Waals surface area (Å²) in [6.07, 6.45) is 9.76. The second-order valence-electron chi connectivity index (χ2n) is 8.44. The molecule has 0 aromatic carbocycles. The lowest BCUT2D eigenvalue weighted by molar-refractivity contribution is -0.131. The quantitative estimate of drug-likeness (QED) is 0.882. The molecule has 4 heterocycles. The predicted octanol–water partition coefficient (Wildman–Crippen LogP) is 3.02. The number of carbonyl (C=O) groups is 1. The van der Waals surface area contributed by atoms with E-state index in [1.54, 1.807) is 0 Å². The fourth-order valence-corrected chi connectivity index (χ4v) is 4.23. The van der Waals surface area contributed by atoms with Crippen molar-refractivity contribution in [2.24, 2.45) is 5.92 Å². The van der Waals surface area contributed by atoms with Crippen LogP contribution in [0.1, 0.15) is 51.3 Å². The number of aryl methyl sites for hydroxylation is 1. The van der Waals surface area contributed by atoms with Gasteiger partial charge in [-0.1, -0.05) is 13.8 Å². The maximum atomic E-state index is 12.5. The molecule has 2 fully saturated rings. The summed E-state index contributed by atoms with van der Waals surface area (Å²) in [7, 11) is 1.89. The van der Waals surface area contributed by atoms with Gasteiger partial charge in [0.05, 0.1) is 17.9 Å². The van der Waals surface area contributed by atoms with E-state index in [0.717, 1.165) is 55.6 Å². The molecule has 6 nitrogen and oxygen atoms in total. The van der Waals surface area contributed by atoms with Crippen LogP contribution in [0.2, 0.25) is 0 Å². The first kappa shape index (κ1) is 18.2. The van der Waals surface area contributed by atoms with Crippen molar-refractivity contribution in [2.75, 3.05) is 13.6 Å². The average molecular weight is 367 g/mol. The molecule has 0 saturated carbocycles. The van der Waals surface area contributed by atoms with E-state index in [0.29, 0.717) is 5.92 Å². The van der Waals surface area contributed by atoms with Gasteiger partial charge in [0.15, 0.2) is 0 Å². The summed E-state index contributed by atoms with van der Waals surface area (Å²) in [6, 6.07) is 4.31. The second-order valence-corrected chi connectivity index (χ2v) is 8.44. The Morgan fingerprint density at radius 1 is 1.33 bits per heavy atom. The Kier molecular flexibility index (Phi) is 4.76. The van der Waals surface area contributed by atoms with Gasteiger partial charge >= 0.3 is 0 Å². The third-order valence-electron chi connectivity index (χ3n) is 5.98. The van der Waals surface area contributed by atoms with E-state index in [2.05, 4.69) is 41.5 Å². The molecule has 0 radical (unpaired) electrons. The molecule has 27 heavy (non-hydrogen) atoms. The number of hydrogen-bond acceptors (Lipinski definition) is 4. The third-order valence-corrected chi connectivity index (χ3v) is 5.98. The van der Waals surface area contributed by atoms with Gasteiger partial charge in [0.2, 0.25) is 5.91 Å². The van der Waals surface area contributed by atoms with Crippen LogP contribution in [0.5, 0.6) is 0 Å². The number of pyridine rings is 1. The molecule has 2 aromatic rings. The maximum absolute atomic E-state index is 12.5. The van der Waals surface area contributed by atoms with Gasteiger partial charge in [-0.2, -0.15) is 5.10 Å². The number of likely N-dealkylation sites (tertiary alicyclic amines) is 1. The summed E-state index contributed by atoms with van der Waals surface area (Å²) in [5.41, 5.74) is 2.89. The lowest BCUT2D eigenvalue weighted by Gasteiger charge is -2.23. The third kappa shape index (κ3) is 3.50. The fraction of sp³-hybridized carbons (Fsp3) is 0.571. The second kappa shape index (κ2) is 7.08. The van der Waals surface area contributed by atoms with Crippen molar-refractivity contribution in [1.82, 2.24) is 25.0 Å². The number of aromatic nitrogens is 3. The van der Waals surface area contributed by atoms with E-state index in [-0.39, 0.29) is 17.5 Å². The molecule has 0 bridgehead atoms. The molecule has 2 aliphatic rings. The van der Waals surface area contributed by atoms with Gasteiger partial charge in [-0.25, -0.2) is 0 Å². The molecule has 1 N–H and O–H groups in total. The van der Waals surface area contributed by atoms with Crippen molar-refractivity contribution < 1.29 is 4.79 Å². The lowest BCUT2D eigenvalue weighted by Crippen LogP contribution is -2.47. The van der Waals surface area contributed by atoms with Gasteiger partial charge in [-0.3, -0.25) is 19.8 Å². The highest BCUT2D eigenvalue weighted by atomic mass is 16.2. The number of amides is 1. The number of rotatable bonds is 5. The van der Waals surface area contributed by atoms with Crippen molar-refractivity contribution in [2.45, 2.75) is 57.7 Å². The van der Waals surface area contributed by atoms with Crippen molar-refractivity contribution in [1.29, 1.82) is 0 Å². The van der Waals surface area contributed by atoms with Crippen LogP contribution in [0.4, 0.5) is 0 Å². The number of nitrogens with one attached hydrogen (secondary N) is 1. The zero-order valence-electron chi connectivity index (χ0n) is 16.5. The minimum atomic E-state index is -0.376. The summed E-state index contributed by atoms with van der Waals surface area (Å²) in [6.45, 7) is 6.24. The Morgan fingerprint density at radius 2 is 2.19 bits per heavy atom. The number of nitrogens with zero attached hydrogens (tertiary/aromatic N) is 4. The van der Waals surface area contributed by atoms with Crippen LogP contribution in [-0.4, -0.2) is 44.7 Å². The predicted molar refractivity (Wildman–Crippen MR) is 105 cm³/mol. The standard InChI is InChI=1S/C21H29N5O/c1-15(2)6-10-26-14-17(13-23-26)16-5-9-22-19(12-16)18-4-7-21(24-18)8-11-25(3)20(21)27/h5,9,12-15,18,24H,4,6-8,10-11H2,1-3H3. The van der Waals surface area contributed by atoms with Crippen LogP contribution >= 0.6 is 0 Å². The molecular weight excluding hydrogens is 338 g/mol. The zero-order valence-corrected chi connectivity index (χ0v) is 16.5. The summed E-state index contributed by atoms with van der Waals surface area (Å²) in [4.78, 5) is 19.0. The van der Waals surface area contributed by atoms with Crippen molar-refractivity contribution in [3.63, 3.8) is 0 Å². The lowest BCUT2D eigenvalue weighted by atomic mass is 9.96. The van der Waals surface area contributed by atoms with E-state index in [4.69, 9.17) is 0 Å². The first-order valence-corrected chi connectivity index (χ1v) is 9.99. The topological polar surface area (TPSA) is 63.1 Å². The van der Waals surface area contributed by atoms with Crippen molar-refractivity contribution >= 4 is 5.91 Å². The van der Waals surface area contributed by atoms with E-state index < -0.39 is 0 Å². The summed E-state index contributed by atoms with van der Waals surface area (Å²) >= 11 is 0. The molecule has 1 spiro atoms. The van der Waals surface area contributed by atoms with Crippen LogP contribution in [-0.2, 0) is 11.3 Å². The Balaban J connectivity index is 1.50. The van der Waals surface area contributed by atoms with Crippen LogP contribution < -0.4 is 5.32 Å². The fourth-order valence-electron chi connectivity index (χ4n) is 4.23. The molecule has 2 aromatic heterocycles. The summed E-state index contributed by atoms with van der Waals surface area (Å²) in [5.74, 6) is 0.899. The Morgan fingerprint density at radius 3 is 2.93 bits per heavy atom. The number of hydrogen-bond donors (Lipinski definition) is 1. The molecule has 1 amide bonds. The molecule has 0 aliphatic carbocycles. The molecule has 2 atom stereocenters. The molecular formula is C21H29N5O. The average Bonchev–Trinajstić information content (AvgIpc) is 3.37. The summed E-state index contributed by atoms with van der Waals surface area (Å²) < 4.78 is 2.02. The van der Waals surface area contributed by atoms with E-state index >= 15 is 0 Å². The van der Waals surface area contributed by atoms with Gasteiger partial charge < -0.3 is 4.90 Å². The van der Waals surface area contributed by atoms with Gasteiger partial charge in [0.1, 0.15) is 5.54 Å². The minimum Gasteiger partial charge on any atom is -0.344 e. The first-order chi connectivity index (χ1) is 13.0. The Labute approximate surface area is 161 Å². The van der Waals surface area contributed by atoms with Crippen molar-refractivity contribution in [3.8, 4) is 11.1 Å². The minimum absolute atomic E-state index is 0.136. The largest absolute Gasteiger partial charge is 0.344 e. The summed E-state index contributed by atoms with van der Waals surface area (Å²) in [5, 5.41) is 8.10. The maximum Gasteiger partial charge on any atom is 0.242 e. The van der Waals surface area contributed by atoms with E-state index in [1.807, 2.05) is 35.1 Å². The first-order valence-electron chi connectivity index (χ1n) is 9.99. The monoisotopic (exact) mass is 367 g/mol.